The van der Waals surface area contributed by atoms with Crippen molar-refractivity contribution in [1.29, 1.82) is 0 Å². The van der Waals surface area contributed by atoms with Gasteiger partial charge in [-0.1, -0.05) is 12.1 Å². The van der Waals surface area contributed by atoms with Crippen molar-refractivity contribution in [3.05, 3.63) is 82.9 Å². The first-order valence-electron chi connectivity index (χ1n) is 9.36. The van der Waals surface area contributed by atoms with Crippen LogP contribution >= 0.6 is 0 Å². The van der Waals surface area contributed by atoms with Crippen LogP contribution in [0, 0.1) is 20.8 Å². The molecule has 0 aliphatic heterocycles. The molecule has 0 bridgehead atoms. The molecule has 0 aliphatic rings. The number of rotatable bonds is 6. The highest BCUT2D eigenvalue weighted by Crippen LogP contribution is 2.26. The number of nitrogens with one attached hydrogen (secondary N) is 2. The van der Waals surface area contributed by atoms with Gasteiger partial charge in [0.25, 0.3) is 15.9 Å². The van der Waals surface area contributed by atoms with E-state index in [4.69, 9.17) is 4.74 Å². The maximum Gasteiger partial charge on any atom is 0.261 e. The van der Waals surface area contributed by atoms with Gasteiger partial charge in [0.1, 0.15) is 5.75 Å². The monoisotopic (exact) mass is 424 g/mol. The average Bonchev–Trinajstić information content (AvgIpc) is 2.71. The van der Waals surface area contributed by atoms with Crippen LogP contribution in [-0.4, -0.2) is 21.4 Å². The number of hydrogen-bond acceptors (Lipinski definition) is 4. The van der Waals surface area contributed by atoms with E-state index in [1.807, 2.05) is 39.0 Å². The second-order valence-electron chi connectivity index (χ2n) is 7.09. The largest absolute Gasteiger partial charge is 0.495 e. The fourth-order valence-corrected chi connectivity index (χ4v) is 3.97. The van der Waals surface area contributed by atoms with Crippen LogP contribution in [0.25, 0.3) is 0 Å². The van der Waals surface area contributed by atoms with Gasteiger partial charge in [-0.05, 0) is 86.0 Å². The Morgan fingerprint density at radius 2 is 1.57 bits per heavy atom. The molecule has 0 aliphatic carbocycles. The third kappa shape index (κ3) is 4.80. The summed E-state index contributed by atoms with van der Waals surface area (Å²) in [7, 11) is -2.23. The lowest BCUT2D eigenvalue weighted by atomic mass is 10.1. The van der Waals surface area contributed by atoms with E-state index < -0.39 is 10.0 Å². The molecule has 3 rings (SSSR count). The van der Waals surface area contributed by atoms with Crippen molar-refractivity contribution in [2.75, 3.05) is 17.1 Å². The number of methoxy groups -OCH3 is 1. The zero-order chi connectivity index (χ0) is 21.9. The molecular formula is C23H24N2O4S. The van der Waals surface area contributed by atoms with Crippen LogP contribution in [0.4, 0.5) is 11.4 Å². The molecule has 6 nitrogen and oxygen atoms in total. The Bertz CT molecular complexity index is 1190. The smallest absolute Gasteiger partial charge is 0.261 e. The topological polar surface area (TPSA) is 84.5 Å². The van der Waals surface area contributed by atoms with Crippen LogP contribution in [-0.2, 0) is 10.0 Å². The molecule has 0 unspecified atom stereocenters. The van der Waals surface area contributed by atoms with Crippen molar-refractivity contribution in [2.45, 2.75) is 25.7 Å². The predicted molar refractivity (Wildman–Crippen MR) is 119 cm³/mol. The Kier molecular flexibility index (Phi) is 6.12. The minimum atomic E-state index is -3.76. The summed E-state index contributed by atoms with van der Waals surface area (Å²) in [5.74, 6) is 0.190. The zero-order valence-corrected chi connectivity index (χ0v) is 18.1. The summed E-state index contributed by atoms with van der Waals surface area (Å²) in [6, 6.07) is 16.6. The van der Waals surface area contributed by atoms with E-state index in [1.54, 1.807) is 18.2 Å². The highest BCUT2D eigenvalue weighted by molar-refractivity contribution is 7.92. The molecule has 0 saturated carbocycles. The van der Waals surface area contributed by atoms with Crippen LogP contribution in [0.1, 0.15) is 27.0 Å². The first kappa shape index (κ1) is 21.4. The maximum atomic E-state index is 12.7. The molecule has 3 aromatic carbocycles. The third-order valence-corrected chi connectivity index (χ3v) is 6.19. The highest BCUT2D eigenvalue weighted by atomic mass is 32.2. The molecule has 7 heteroatoms. The quantitative estimate of drug-likeness (QED) is 0.602. The number of ether oxygens (including phenoxy) is 1. The minimum Gasteiger partial charge on any atom is -0.495 e. The van der Waals surface area contributed by atoms with E-state index in [1.165, 1.54) is 31.4 Å². The number of carbonyl (C=O) groups is 1. The van der Waals surface area contributed by atoms with Gasteiger partial charge < -0.3 is 10.1 Å². The van der Waals surface area contributed by atoms with Gasteiger partial charge in [0.2, 0.25) is 0 Å². The Hall–Kier alpha value is -3.32. The van der Waals surface area contributed by atoms with Gasteiger partial charge >= 0.3 is 0 Å². The number of amides is 1. The molecule has 0 aromatic heterocycles. The molecule has 3 aromatic rings. The lowest BCUT2D eigenvalue weighted by molar-refractivity contribution is 0.102. The third-order valence-electron chi connectivity index (χ3n) is 4.79. The van der Waals surface area contributed by atoms with Crippen molar-refractivity contribution in [1.82, 2.24) is 0 Å². The van der Waals surface area contributed by atoms with E-state index in [0.717, 1.165) is 16.7 Å². The number of benzene rings is 3. The highest BCUT2D eigenvalue weighted by Gasteiger charge is 2.16. The summed E-state index contributed by atoms with van der Waals surface area (Å²) in [5.41, 5.74) is 4.43. The number of sulfonamides is 1. The Morgan fingerprint density at radius 1 is 0.867 bits per heavy atom. The van der Waals surface area contributed by atoms with Gasteiger partial charge in [0, 0.05) is 11.3 Å². The van der Waals surface area contributed by atoms with Crippen molar-refractivity contribution < 1.29 is 17.9 Å². The van der Waals surface area contributed by atoms with E-state index in [2.05, 4.69) is 10.0 Å². The SMILES string of the molecule is COc1ccc(C)cc1NC(=O)c1ccc(S(=O)(=O)Nc2ccc(C)c(C)c2)cc1. The second kappa shape index (κ2) is 8.59. The first-order valence-corrected chi connectivity index (χ1v) is 10.8. The Balaban J connectivity index is 1.77. The van der Waals surface area contributed by atoms with Crippen LogP contribution < -0.4 is 14.8 Å². The van der Waals surface area contributed by atoms with Crippen LogP contribution in [0.15, 0.2) is 65.6 Å². The van der Waals surface area contributed by atoms with E-state index >= 15 is 0 Å². The van der Waals surface area contributed by atoms with Crippen molar-refractivity contribution in [3.63, 3.8) is 0 Å². The summed E-state index contributed by atoms with van der Waals surface area (Å²) in [4.78, 5) is 12.7. The molecule has 0 heterocycles. The molecule has 1 amide bonds. The number of aryl methyl sites for hydroxylation is 3. The predicted octanol–water partition coefficient (Wildman–Crippen LogP) is 4.67. The summed E-state index contributed by atoms with van der Waals surface area (Å²) in [6.45, 7) is 5.80. The van der Waals surface area contributed by atoms with Gasteiger partial charge in [-0.3, -0.25) is 9.52 Å². The summed E-state index contributed by atoms with van der Waals surface area (Å²) < 4.78 is 33.2. The van der Waals surface area contributed by atoms with E-state index in [9.17, 15) is 13.2 Å². The minimum absolute atomic E-state index is 0.0745. The number of hydrogen-bond donors (Lipinski definition) is 2. The lowest BCUT2D eigenvalue weighted by Crippen LogP contribution is -2.15. The molecular weight excluding hydrogens is 400 g/mol. The maximum absolute atomic E-state index is 12.7. The normalized spacial score (nSPS) is 11.1. The summed E-state index contributed by atoms with van der Waals surface area (Å²) in [5, 5.41) is 2.80. The first-order chi connectivity index (χ1) is 14.2. The van der Waals surface area contributed by atoms with Crippen LogP contribution in [0.5, 0.6) is 5.75 Å². The van der Waals surface area contributed by atoms with Crippen LogP contribution in [0.3, 0.4) is 0 Å². The second-order valence-corrected chi connectivity index (χ2v) is 8.77. The molecule has 156 valence electrons. The van der Waals surface area contributed by atoms with Gasteiger partial charge in [-0.15, -0.1) is 0 Å². The molecule has 0 spiro atoms. The van der Waals surface area contributed by atoms with Gasteiger partial charge in [-0.2, -0.15) is 0 Å². The Morgan fingerprint density at radius 3 is 2.20 bits per heavy atom. The van der Waals surface area contributed by atoms with Crippen molar-refractivity contribution >= 4 is 27.3 Å². The van der Waals surface area contributed by atoms with Crippen molar-refractivity contribution in [2.24, 2.45) is 0 Å². The Labute approximate surface area is 177 Å². The summed E-state index contributed by atoms with van der Waals surface area (Å²) in [6.07, 6.45) is 0. The molecule has 0 saturated heterocycles. The number of carbonyl (C=O) groups excluding carboxylic acids is 1. The molecule has 0 fully saturated rings. The van der Waals surface area contributed by atoms with E-state index in [0.29, 0.717) is 22.7 Å². The zero-order valence-electron chi connectivity index (χ0n) is 17.3. The van der Waals surface area contributed by atoms with Gasteiger partial charge in [-0.25, -0.2) is 8.42 Å². The molecule has 2 N–H and O–H groups in total. The fraction of sp³-hybridized carbons (Fsp3) is 0.174. The standard InChI is InChI=1S/C23H24N2O4S/c1-15-5-12-22(29-4)21(13-15)24-23(26)18-7-10-20(11-8-18)30(27,28)25-19-9-6-16(2)17(3)14-19/h5-14,25H,1-4H3,(H,24,26). The fourth-order valence-electron chi connectivity index (χ4n) is 2.92. The summed E-state index contributed by atoms with van der Waals surface area (Å²) >= 11 is 0. The van der Waals surface area contributed by atoms with Gasteiger partial charge in [0.05, 0.1) is 17.7 Å². The van der Waals surface area contributed by atoms with Gasteiger partial charge in [0.15, 0.2) is 0 Å². The molecule has 30 heavy (non-hydrogen) atoms. The molecule has 0 radical (unpaired) electrons. The molecule has 0 atom stereocenters. The average molecular weight is 425 g/mol. The van der Waals surface area contributed by atoms with E-state index in [-0.39, 0.29) is 10.8 Å². The number of anilines is 2. The van der Waals surface area contributed by atoms with Crippen molar-refractivity contribution in [3.8, 4) is 5.75 Å². The van der Waals surface area contributed by atoms with Crippen LogP contribution in [0.2, 0.25) is 0 Å². The lowest BCUT2D eigenvalue weighted by Gasteiger charge is -2.12.